The highest BCUT2D eigenvalue weighted by Crippen LogP contribution is 2.32. The Morgan fingerprint density at radius 1 is 1.24 bits per heavy atom. The van der Waals surface area contributed by atoms with Crippen molar-refractivity contribution in [2.75, 3.05) is 6.54 Å². The highest BCUT2D eigenvalue weighted by atomic mass is 32.2. The predicted octanol–water partition coefficient (Wildman–Crippen LogP) is 2.84. The molecular weight excluding hydrogens is 344 g/mol. The normalized spacial score (nSPS) is 16.0. The van der Waals surface area contributed by atoms with Gasteiger partial charge in [-0.05, 0) is 28.3 Å². The minimum atomic E-state index is -0.539. The van der Waals surface area contributed by atoms with Gasteiger partial charge in [0.2, 0.25) is 0 Å². The predicted molar refractivity (Wildman–Crippen MR) is 92.7 cm³/mol. The van der Waals surface area contributed by atoms with Gasteiger partial charge in [-0.15, -0.1) is 0 Å². The van der Waals surface area contributed by atoms with E-state index in [4.69, 9.17) is 0 Å². The Hall–Kier alpha value is -2.94. The molecule has 8 nitrogen and oxygen atoms in total. The van der Waals surface area contributed by atoms with Crippen molar-refractivity contribution >= 4 is 34.8 Å². The Balaban J connectivity index is 1.75. The molecule has 3 rings (SSSR count). The van der Waals surface area contributed by atoms with Gasteiger partial charge >= 0.3 is 5.82 Å². The van der Waals surface area contributed by atoms with Gasteiger partial charge in [-0.25, -0.2) is 9.55 Å². The second-order valence-electron chi connectivity index (χ2n) is 5.32. The Kier molecular flexibility index (Phi) is 4.66. The summed E-state index contributed by atoms with van der Waals surface area (Å²) in [5.74, 6) is -0.0953. The van der Waals surface area contributed by atoms with Crippen LogP contribution in [0.5, 0.6) is 0 Å². The van der Waals surface area contributed by atoms with Crippen LogP contribution in [0.25, 0.3) is 6.08 Å². The lowest BCUT2D eigenvalue weighted by atomic mass is 10.2. The van der Waals surface area contributed by atoms with Crippen molar-refractivity contribution in [3.8, 4) is 0 Å². The van der Waals surface area contributed by atoms with Crippen molar-refractivity contribution in [2.24, 2.45) is 0 Å². The van der Waals surface area contributed by atoms with Gasteiger partial charge in [0.1, 0.15) is 12.7 Å². The summed E-state index contributed by atoms with van der Waals surface area (Å²) in [4.78, 5) is 40.4. The second-order valence-corrected chi connectivity index (χ2v) is 6.31. The number of imidazole rings is 1. The molecule has 1 saturated heterocycles. The van der Waals surface area contributed by atoms with Gasteiger partial charge in [0.05, 0.1) is 11.4 Å². The zero-order chi connectivity index (χ0) is 18.0. The zero-order valence-corrected chi connectivity index (χ0v) is 14.1. The average Bonchev–Trinajstić information content (AvgIpc) is 3.07. The summed E-state index contributed by atoms with van der Waals surface area (Å²) in [5, 5.41) is 10.6. The molecule has 0 atom stereocenters. The zero-order valence-electron chi connectivity index (χ0n) is 13.3. The minimum Gasteiger partial charge on any atom is -0.358 e. The summed E-state index contributed by atoms with van der Waals surface area (Å²) in [6.45, 7) is 1.81. The number of carbonyl (C=O) groups is 2. The number of nitro groups is 1. The lowest BCUT2D eigenvalue weighted by molar-refractivity contribution is -0.392. The van der Waals surface area contributed by atoms with Gasteiger partial charge in [-0.3, -0.25) is 14.5 Å². The van der Waals surface area contributed by atoms with E-state index in [9.17, 15) is 19.7 Å². The van der Waals surface area contributed by atoms with Gasteiger partial charge in [0, 0.05) is 6.92 Å². The van der Waals surface area contributed by atoms with E-state index >= 15 is 0 Å². The molecule has 1 aromatic carbocycles. The summed E-state index contributed by atoms with van der Waals surface area (Å²) < 4.78 is 1.38. The van der Waals surface area contributed by atoms with Crippen LogP contribution in [-0.2, 0) is 11.3 Å². The highest BCUT2D eigenvalue weighted by Gasteiger charge is 2.35. The number of benzene rings is 1. The van der Waals surface area contributed by atoms with Crippen molar-refractivity contribution in [3.05, 3.63) is 62.9 Å². The molecule has 2 heterocycles. The molecule has 2 aromatic rings. The lowest BCUT2D eigenvalue weighted by Gasteiger charge is -2.11. The molecule has 0 aliphatic carbocycles. The van der Waals surface area contributed by atoms with Crippen molar-refractivity contribution in [1.82, 2.24) is 14.5 Å². The van der Waals surface area contributed by atoms with Gasteiger partial charge in [0.25, 0.3) is 11.1 Å². The van der Waals surface area contributed by atoms with Gasteiger partial charge in [0.15, 0.2) is 5.82 Å². The first kappa shape index (κ1) is 16.9. The van der Waals surface area contributed by atoms with Gasteiger partial charge < -0.3 is 10.1 Å². The smallest absolute Gasteiger partial charge is 0.342 e. The Labute approximate surface area is 147 Å². The Bertz CT molecular complexity index is 876. The van der Waals surface area contributed by atoms with Crippen LogP contribution >= 0.6 is 11.8 Å². The largest absolute Gasteiger partial charge is 0.358 e. The first-order chi connectivity index (χ1) is 12.0. The maximum atomic E-state index is 12.4. The summed E-state index contributed by atoms with van der Waals surface area (Å²) in [5.41, 5.74) is 0.828. The standard InChI is InChI=1S/C16H14N4O4S/c1-11-17-10-14(20(23)24)18(11)7-8-19-15(21)13(25-16(19)22)9-12-5-3-2-4-6-12/h2-6,9-10H,7-8H2,1H3/b13-9-. The van der Waals surface area contributed by atoms with E-state index in [0.717, 1.165) is 22.2 Å². The molecule has 0 N–H and O–H groups in total. The average molecular weight is 358 g/mol. The SMILES string of the molecule is Cc1ncc([N+](=O)[O-])n1CCN1C(=O)S/C(=C\c2ccccc2)C1=O. The topological polar surface area (TPSA) is 98.3 Å². The molecule has 9 heteroatoms. The monoisotopic (exact) mass is 358 g/mol. The van der Waals surface area contributed by atoms with Crippen LogP contribution in [0.15, 0.2) is 41.4 Å². The van der Waals surface area contributed by atoms with E-state index in [0.29, 0.717) is 10.7 Å². The number of amides is 2. The summed E-state index contributed by atoms with van der Waals surface area (Å²) in [6, 6.07) is 9.23. The van der Waals surface area contributed by atoms with E-state index in [1.54, 1.807) is 13.0 Å². The molecule has 0 spiro atoms. The highest BCUT2D eigenvalue weighted by molar-refractivity contribution is 8.18. The van der Waals surface area contributed by atoms with Gasteiger partial charge in [-0.2, -0.15) is 0 Å². The number of aryl methyl sites for hydroxylation is 1. The van der Waals surface area contributed by atoms with E-state index in [2.05, 4.69) is 4.98 Å². The molecule has 128 valence electrons. The molecule has 1 aliphatic heterocycles. The van der Waals surface area contributed by atoms with Gasteiger partial charge in [-0.1, -0.05) is 30.3 Å². The van der Waals surface area contributed by atoms with E-state index in [1.807, 2.05) is 30.3 Å². The third kappa shape index (κ3) is 3.45. The Morgan fingerprint density at radius 3 is 2.64 bits per heavy atom. The van der Waals surface area contributed by atoms with Crippen LogP contribution in [0, 0.1) is 17.0 Å². The molecular formula is C16H14N4O4S. The molecule has 0 unspecified atom stereocenters. The molecule has 0 radical (unpaired) electrons. The number of rotatable bonds is 5. The van der Waals surface area contributed by atoms with Crippen LogP contribution in [0.2, 0.25) is 0 Å². The number of thioether (sulfide) groups is 1. The quantitative estimate of drug-likeness (QED) is 0.463. The third-order valence-corrected chi connectivity index (χ3v) is 4.65. The van der Waals surface area contributed by atoms with E-state index in [-0.39, 0.29) is 30.1 Å². The molecule has 1 fully saturated rings. The second kappa shape index (κ2) is 6.89. The molecule has 0 bridgehead atoms. The van der Waals surface area contributed by atoms with Crippen molar-refractivity contribution in [2.45, 2.75) is 13.5 Å². The number of hydrogen-bond donors (Lipinski definition) is 0. The summed E-state index contributed by atoms with van der Waals surface area (Å²) in [7, 11) is 0. The van der Waals surface area contributed by atoms with E-state index in [1.165, 1.54) is 10.8 Å². The molecule has 0 saturated carbocycles. The third-order valence-electron chi connectivity index (χ3n) is 3.74. The van der Waals surface area contributed by atoms with Crippen molar-refractivity contribution in [3.63, 3.8) is 0 Å². The van der Waals surface area contributed by atoms with Crippen molar-refractivity contribution < 1.29 is 14.5 Å². The number of aromatic nitrogens is 2. The first-order valence-electron chi connectivity index (χ1n) is 7.44. The maximum Gasteiger partial charge on any atom is 0.342 e. The van der Waals surface area contributed by atoms with Crippen LogP contribution in [0.4, 0.5) is 10.6 Å². The molecule has 1 aromatic heterocycles. The number of imide groups is 1. The Morgan fingerprint density at radius 2 is 1.96 bits per heavy atom. The first-order valence-corrected chi connectivity index (χ1v) is 8.26. The molecule has 1 aliphatic rings. The fourth-order valence-corrected chi connectivity index (χ4v) is 3.34. The minimum absolute atomic E-state index is 0.0504. The fraction of sp³-hybridized carbons (Fsp3) is 0.188. The fourth-order valence-electron chi connectivity index (χ4n) is 2.47. The van der Waals surface area contributed by atoms with Crippen LogP contribution < -0.4 is 0 Å². The van der Waals surface area contributed by atoms with E-state index < -0.39 is 4.92 Å². The summed E-state index contributed by atoms with van der Waals surface area (Å²) >= 11 is 0.868. The number of carbonyl (C=O) groups excluding carboxylic acids is 2. The number of hydrogen-bond acceptors (Lipinski definition) is 6. The van der Waals surface area contributed by atoms with Crippen molar-refractivity contribution in [1.29, 1.82) is 0 Å². The molecule has 25 heavy (non-hydrogen) atoms. The maximum absolute atomic E-state index is 12.4. The van der Waals surface area contributed by atoms with Crippen LogP contribution in [0.1, 0.15) is 11.4 Å². The summed E-state index contributed by atoms with van der Waals surface area (Å²) in [6.07, 6.45) is 2.83. The van der Waals surface area contributed by atoms with Crippen LogP contribution in [0.3, 0.4) is 0 Å². The molecule has 2 amide bonds. The van der Waals surface area contributed by atoms with Crippen LogP contribution in [-0.4, -0.2) is 37.1 Å². The lowest BCUT2D eigenvalue weighted by Crippen LogP contribution is -2.31. The number of nitrogens with zero attached hydrogens (tertiary/aromatic N) is 4.